The fraction of sp³-hybridized carbons (Fsp3) is 0.229. The SMILES string of the molecule is N#Cc1ncnc(N2CC[C@@]3(CCN(Cc4ccc(-n5c(-c6cccnc6N)nc6ccc(-c7ccccc7)nc65)cc4)C3)C2)n1. The second-order valence-electron chi connectivity index (χ2n) is 12.1. The first-order valence-corrected chi connectivity index (χ1v) is 15.4. The van der Waals surface area contributed by atoms with Gasteiger partial charge < -0.3 is 10.6 Å². The minimum absolute atomic E-state index is 0.162. The number of anilines is 2. The highest BCUT2D eigenvalue weighted by molar-refractivity contribution is 5.84. The molecule has 0 aliphatic carbocycles. The molecule has 8 rings (SSSR count). The lowest BCUT2D eigenvalue weighted by molar-refractivity contribution is 0.270. The molecule has 6 heterocycles. The van der Waals surface area contributed by atoms with Crippen LogP contribution in [0.5, 0.6) is 0 Å². The molecule has 2 aromatic carbocycles. The van der Waals surface area contributed by atoms with E-state index in [4.69, 9.17) is 15.7 Å². The van der Waals surface area contributed by atoms with Crippen LogP contribution in [0.15, 0.2) is 91.4 Å². The first-order valence-electron chi connectivity index (χ1n) is 15.4. The van der Waals surface area contributed by atoms with Crippen molar-refractivity contribution in [2.24, 2.45) is 5.41 Å². The monoisotopic (exact) mass is 605 g/mol. The third-order valence-corrected chi connectivity index (χ3v) is 9.15. The number of nitrogens with two attached hydrogens (primary N) is 1. The van der Waals surface area contributed by atoms with E-state index < -0.39 is 0 Å². The van der Waals surface area contributed by atoms with Crippen LogP contribution in [0, 0.1) is 16.7 Å². The number of nitriles is 1. The lowest BCUT2D eigenvalue weighted by Gasteiger charge is -2.25. The normalized spacial score (nSPS) is 18.0. The third kappa shape index (κ3) is 5.08. The van der Waals surface area contributed by atoms with Crippen LogP contribution in [0.2, 0.25) is 0 Å². The zero-order valence-corrected chi connectivity index (χ0v) is 25.2. The Bertz CT molecular complexity index is 2080. The van der Waals surface area contributed by atoms with Gasteiger partial charge in [-0.15, -0.1) is 0 Å². The Morgan fingerprint density at radius 1 is 0.826 bits per heavy atom. The highest BCUT2D eigenvalue weighted by Gasteiger charge is 2.44. The van der Waals surface area contributed by atoms with Gasteiger partial charge in [-0.05, 0) is 61.3 Å². The molecule has 1 spiro atoms. The Labute approximate surface area is 266 Å². The predicted molar refractivity (Wildman–Crippen MR) is 176 cm³/mol. The molecule has 6 aromatic rings. The molecule has 0 amide bonds. The fourth-order valence-corrected chi connectivity index (χ4v) is 6.86. The zero-order valence-electron chi connectivity index (χ0n) is 25.2. The van der Waals surface area contributed by atoms with Crippen LogP contribution in [0.3, 0.4) is 0 Å². The van der Waals surface area contributed by atoms with Gasteiger partial charge in [0, 0.05) is 49.0 Å². The lowest BCUT2D eigenvalue weighted by Crippen LogP contribution is -2.31. The molecule has 11 nitrogen and oxygen atoms in total. The van der Waals surface area contributed by atoms with E-state index in [0.29, 0.717) is 17.6 Å². The van der Waals surface area contributed by atoms with Crippen LogP contribution in [0.25, 0.3) is 39.5 Å². The van der Waals surface area contributed by atoms with Crippen molar-refractivity contribution in [2.45, 2.75) is 19.4 Å². The molecular weight excluding hydrogens is 574 g/mol. The highest BCUT2D eigenvalue weighted by atomic mass is 15.3. The van der Waals surface area contributed by atoms with Gasteiger partial charge in [-0.3, -0.25) is 9.47 Å². The zero-order chi connectivity index (χ0) is 31.1. The Balaban J connectivity index is 1.06. The summed E-state index contributed by atoms with van der Waals surface area (Å²) in [5.41, 5.74) is 13.0. The van der Waals surface area contributed by atoms with E-state index in [1.807, 2.05) is 48.5 Å². The topological polar surface area (TPSA) is 139 Å². The van der Waals surface area contributed by atoms with Gasteiger partial charge in [-0.25, -0.2) is 24.9 Å². The first-order chi connectivity index (χ1) is 22.6. The van der Waals surface area contributed by atoms with Crippen LogP contribution in [0.4, 0.5) is 11.8 Å². The van der Waals surface area contributed by atoms with Crippen LogP contribution in [0.1, 0.15) is 24.2 Å². The number of hydrogen-bond donors (Lipinski definition) is 1. The predicted octanol–water partition coefficient (Wildman–Crippen LogP) is 4.89. The molecule has 2 N–H and O–H groups in total. The van der Waals surface area contributed by atoms with Gasteiger partial charge in [0.25, 0.3) is 0 Å². The number of hydrogen-bond acceptors (Lipinski definition) is 10. The van der Waals surface area contributed by atoms with Gasteiger partial charge >= 0.3 is 0 Å². The van der Waals surface area contributed by atoms with Gasteiger partial charge in [0.05, 0.1) is 11.3 Å². The average Bonchev–Trinajstić information content (AvgIpc) is 3.82. The molecule has 0 saturated carbocycles. The molecule has 0 radical (unpaired) electrons. The quantitative estimate of drug-likeness (QED) is 0.279. The van der Waals surface area contributed by atoms with E-state index in [9.17, 15) is 5.26 Å². The van der Waals surface area contributed by atoms with E-state index in [0.717, 1.165) is 79.2 Å². The molecule has 2 fully saturated rings. The number of imidazole rings is 1. The molecule has 226 valence electrons. The van der Waals surface area contributed by atoms with E-state index >= 15 is 0 Å². The van der Waals surface area contributed by atoms with Gasteiger partial charge in [0.1, 0.15) is 23.7 Å². The second kappa shape index (κ2) is 11.3. The molecule has 46 heavy (non-hydrogen) atoms. The smallest absolute Gasteiger partial charge is 0.236 e. The highest BCUT2D eigenvalue weighted by Crippen LogP contribution is 2.41. The number of pyridine rings is 2. The summed E-state index contributed by atoms with van der Waals surface area (Å²) in [6.07, 6.45) is 5.33. The molecular formula is C35H31N11. The summed E-state index contributed by atoms with van der Waals surface area (Å²) < 4.78 is 2.08. The number of fused-ring (bicyclic) bond motifs is 1. The first kappa shape index (κ1) is 27.8. The number of benzene rings is 2. The Morgan fingerprint density at radius 3 is 2.50 bits per heavy atom. The van der Waals surface area contributed by atoms with Gasteiger partial charge in [-0.2, -0.15) is 10.2 Å². The van der Waals surface area contributed by atoms with Crippen molar-refractivity contribution in [3.05, 3.63) is 103 Å². The van der Waals surface area contributed by atoms with Crippen molar-refractivity contribution < 1.29 is 0 Å². The molecule has 1 atom stereocenters. The summed E-state index contributed by atoms with van der Waals surface area (Å²) >= 11 is 0. The Kier molecular flexibility index (Phi) is 6.84. The van der Waals surface area contributed by atoms with Gasteiger partial charge in [-0.1, -0.05) is 42.5 Å². The van der Waals surface area contributed by atoms with Crippen LogP contribution in [-0.4, -0.2) is 65.5 Å². The third-order valence-electron chi connectivity index (χ3n) is 9.15. The van der Waals surface area contributed by atoms with Crippen LogP contribution >= 0.6 is 0 Å². The largest absolute Gasteiger partial charge is 0.383 e. The number of aromatic nitrogens is 7. The summed E-state index contributed by atoms with van der Waals surface area (Å²) in [5, 5.41) is 9.19. The van der Waals surface area contributed by atoms with Crippen molar-refractivity contribution in [2.75, 3.05) is 36.8 Å². The maximum atomic E-state index is 9.19. The maximum Gasteiger partial charge on any atom is 0.236 e. The van der Waals surface area contributed by atoms with E-state index in [2.05, 4.69) is 70.7 Å². The second-order valence-corrected chi connectivity index (χ2v) is 12.1. The van der Waals surface area contributed by atoms with Gasteiger partial charge in [0.2, 0.25) is 11.8 Å². The molecule has 2 saturated heterocycles. The summed E-state index contributed by atoms with van der Waals surface area (Å²) in [6, 6.07) is 28.7. The van der Waals surface area contributed by atoms with E-state index in [1.54, 1.807) is 6.20 Å². The minimum atomic E-state index is 0.162. The number of nitrogens with zero attached hydrogens (tertiary/aromatic N) is 10. The Hall–Kier alpha value is -5.73. The summed E-state index contributed by atoms with van der Waals surface area (Å²) in [4.78, 5) is 31.7. The summed E-state index contributed by atoms with van der Waals surface area (Å²) in [5.74, 6) is 1.89. The van der Waals surface area contributed by atoms with Crippen molar-refractivity contribution >= 4 is 22.9 Å². The lowest BCUT2D eigenvalue weighted by atomic mass is 9.86. The minimum Gasteiger partial charge on any atom is -0.383 e. The number of rotatable bonds is 6. The molecule has 2 aliphatic heterocycles. The van der Waals surface area contributed by atoms with Crippen LogP contribution < -0.4 is 10.6 Å². The van der Waals surface area contributed by atoms with E-state index in [-0.39, 0.29) is 11.2 Å². The molecule has 2 aliphatic rings. The standard InChI is InChI=1S/C35H31N11/c36-19-30-39-23-40-34(43-30)45-18-15-35(22-45)14-17-44(21-35)20-24-8-10-26(11-9-24)46-32(27-7-4-16-38-31(27)37)42-29-13-12-28(41-33(29)46)25-5-2-1-3-6-25/h1-13,16,23H,14-15,17-18,20-22H2,(H2,37,38)/t35-/m1/s1. The molecule has 0 unspecified atom stereocenters. The van der Waals surface area contributed by atoms with Crippen molar-refractivity contribution in [3.8, 4) is 34.4 Å². The summed E-state index contributed by atoms with van der Waals surface area (Å²) in [6.45, 7) is 4.71. The van der Waals surface area contributed by atoms with Crippen LogP contribution in [-0.2, 0) is 6.54 Å². The maximum absolute atomic E-state index is 9.19. The summed E-state index contributed by atoms with van der Waals surface area (Å²) in [7, 11) is 0. The van der Waals surface area contributed by atoms with E-state index in [1.165, 1.54) is 11.9 Å². The number of likely N-dealkylation sites (tertiary alicyclic amines) is 1. The van der Waals surface area contributed by atoms with Crippen molar-refractivity contribution in [3.63, 3.8) is 0 Å². The van der Waals surface area contributed by atoms with Crippen molar-refractivity contribution in [1.29, 1.82) is 5.26 Å². The fourth-order valence-electron chi connectivity index (χ4n) is 6.86. The molecule has 11 heteroatoms. The Morgan fingerprint density at radius 2 is 1.67 bits per heavy atom. The molecule has 4 aromatic heterocycles. The molecule has 0 bridgehead atoms. The average molecular weight is 606 g/mol. The van der Waals surface area contributed by atoms with Crippen molar-refractivity contribution in [1.82, 2.24) is 39.4 Å². The van der Waals surface area contributed by atoms with Gasteiger partial charge in [0.15, 0.2) is 11.5 Å². The number of nitrogen functional groups attached to an aromatic ring is 1.